The lowest BCUT2D eigenvalue weighted by Crippen LogP contribution is -2.39. The van der Waals surface area contributed by atoms with Crippen LogP contribution in [0.15, 0.2) is 48.5 Å². The van der Waals surface area contributed by atoms with Crippen molar-refractivity contribution in [2.75, 3.05) is 20.3 Å². The summed E-state index contributed by atoms with van der Waals surface area (Å²) >= 11 is 0. The fourth-order valence-electron chi connectivity index (χ4n) is 2.80. The molecule has 0 aliphatic rings. The SMILES string of the molecule is CC[C@@H](Oc1ccc(OC)cc1)C(=O)NCCOc1ccccc1C(C)(C)C. The monoisotopic (exact) mass is 385 g/mol. The van der Waals surface area contributed by atoms with Crippen molar-refractivity contribution in [2.45, 2.75) is 45.6 Å². The Labute approximate surface area is 168 Å². The van der Waals surface area contributed by atoms with Gasteiger partial charge in [-0.3, -0.25) is 4.79 Å². The number of nitrogens with one attached hydrogen (secondary N) is 1. The van der Waals surface area contributed by atoms with Crippen LogP contribution in [0, 0.1) is 0 Å². The Morgan fingerprint density at radius 2 is 1.68 bits per heavy atom. The minimum Gasteiger partial charge on any atom is -0.497 e. The molecule has 0 saturated heterocycles. The Morgan fingerprint density at radius 1 is 1.04 bits per heavy atom. The van der Waals surface area contributed by atoms with Gasteiger partial charge in [0.1, 0.15) is 23.9 Å². The van der Waals surface area contributed by atoms with Gasteiger partial charge in [0.15, 0.2) is 6.10 Å². The Kier molecular flexibility index (Phi) is 7.73. The summed E-state index contributed by atoms with van der Waals surface area (Å²) in [4.78, 5) is 12.4. The highest BCUT2D eigenvalue weighted by atomic mass is 16.5. The van der Waals surface area contributed by atoms with Gasteiger partial charge in [-0.25, -0.2) is 0 Å². The zero-order valence-electron chi connectivity index (χ0n) is 17.5. The number of methoxy groups -OCH3 is 1. The first kappa shape index (κ1) is 21.6. The number of hydrogen-bond donors (Lipinski definition) is 1. The third-order valence-corrected chi connectivity index (χ3v) is 4.35. The van der Waals surface area contributed by atoms with Gasteiger partial charge in [0.05, 0.1) is 13.7 Å². The number of carbonyl (C=O) groups is 1. The molecule has 0 aromatic heterocycles. The van der Waals surface area contributed by atoms with Crippen molar-refractivity contribution in [3.8, 4) is 17.2 Å². The van der Waals surface area contributed by atoms with Crippen LogP contribution in [0.3, 0.4) is 0 Å². The molecule has 2 aromatic rings. The summed E-state index contributed by atoms with van der Waals surface area (Å²) < 4.78 is 16.8. The van der Waals surface area contributed by atoms with Crippen molar-refractivity contribution < 1.29 is 19.0 Å². The van der Waals surface area contributed by atoms with Crippen molar-refractivity contribution in [1.29, 1.82) is 0 Å². The van der Waals surface area contributed by atoms with Crippen LogP contribution in [0.25, 0.3) is 0 Å². The molecule has 1 N–H and O–H groups in total. The van der Waals surface area contributed by atoms with Crippen molar-refractivity contribution in [2.24, 2.45) is 0 Å². The molecule has 0 saturated carbocycles. The maximum Gasteiger partial charge on any atom is 0.261 e. The molecule has 152 valence electrons. The lowest BCUT2D eigenvalue weighted by Gasteiger charge is -2.23. The standard InChI is InChI=1S/C23H31NO4/c1-6-20(28-18-13-11-17(26-5)12-14-18)22(25)24-15-16-27-21-10-8-7-9-19(21)23(2,3)4/h7-14,20H,6,15-16H2,1-5H3,(H,24,25)/t20-/m1/s1. The maximum atomic E-state index is 12.4. The predicted molar refractivity (Wildman–Crippen MR) is 111 cm³/mol. The average molecular weight is 386 g/mol. The van der Waals surface area contributed by atoms with Crippen LogP contribution in [-0.2, 0) is 10.2 Å². The van der Waals surface area contributed by atoms with Crippen LogP contribution in [0.1, 0.15) is 39.7 Å². The lowest BCUT2D eigenvalue weighted by molar-refractivity contribution is -0.128. The van der Waals surface area contributed by atoms with E-state index in [-0.39, 0.29) is 11.3 Å². The highest BCUT2D eigenvalue weighted by Gasteiger charge is 2.19. The van der Waals surface area contributed by atoms with E-state index in [0.29, 0.717) is 25.3 Å². The largest absolute Gasteiger partial charge is 0.497 e. The van der Waals surface area contributed by atoms with Crippen LogP contribution in [0.4, 0.5) is 0 Å². The van der Waals surface area contributed by atoms with E-state index in [1.165, 1.54) is 0 Å². The molecule has 0 heterocycles. The Balaban J connectivity index is 1.84. The number of benzene rings is 2. The first-order valence-corrected chi connectivity index (χ1v) is 9.66. The summed E-state index contributed by atoms with van der Waals surface area (Å²) in [7, 11) is 1.61. The fourth-order valence-corrected chi connectivity index (χ4v) is 2.80. The van der Waals surface area contributed by atoms with Crippen LogP contribution in [0.5, 0.6) is 17.2 Å². The lowest BCUT2D eigenvalue weighted by atomic mass is 9.86. The van der Waals surface area contributed by atoms with E-state index in [2.05, 4.69) is 32.2 Å². The number of ether oxygens (including phenoxy) is 3. The third kappa shape index (κ3) is 6.19. The van der Waals surface area contributed by atoms with Crippen molar-refractivity contribution in [3.05, 3.63) is 54.1 Å². The number of carbonyl (C=O) groups excluding carboxylic acids is 1. The first-order chi connectivity index (χ1) is 13.3. The second-order valence-corrected chi connectivity index (χ2v) is 7.58. The van der Waals surface area contributed by atoms with Gasteiger partial charge in [-0.1, -0.05) is 45.9 Å². The molecule has 0 fully saturated rings. The van der Waals surface area contributed by atoms with Gasteiger partial charge < -0.3 is 19.5 Å². The number of hydrogen-bond acceptors (Lipinski definition) is 4. The van der Waals surface area contributed by atoms with E-state index < -0.39 is 6.10 Å². The summed E-state index contributed by atoms with van der Waals surface area (Å²) in [6.45, 7) is 9.19. The molecule has 2 rings (SSSR count). The van der Waals surface area contributed by atoms with Gasteiger partial charge in [-0.2, -0.15) is 0 Å². The Bertz CT molecular complexity index is 750. The molecule has 1 amide bonds. The fraction of sp³-hybridized carbons (Fsp3) is 0.435. The Hall–Kier alpha value is -2.69. The zero-order valence-corrected chi connectivity index (χ0v) is 17.5. The van der Waals surface area contributed by atoms with Gasteiger partial charge in [0, 0.05) is 0 Å². The summed E-state index contributed by atoms with van der Waals surface area (Å²) in [6, 6.07) is 15.2. The predicted octanol–water partition coefficient (Wildman–Crippen LogP) is 4.35. The molecule has 0 aliphatic heterocycles. The molecule has 0 unspecified atom stereocenters. The van der Waals surface area contributed by atoms with Gasteiger partial charge in [0.25, 0.3) is 5.91 Å². The van der Waals surface area contributed by atoms with E-state index in [0.717, 1.165) is 17.1 Å². The molecule has 0 radical (unpaired) electrons. The average Bonchev–Trinajstić information content (AvgIpc) is 2.69. The van der Waals surface area contributed by atoms with Crippen LogP contribution < -0.4 is 19.5 Å². The molecule has 0 bridgehead atoms. The van der Waals surface area contributed by atoms with E-state index in [4.69, 9.17) is 14.2 Å². The van der Waals surface area contributed by atoms with Gasteiger partial charge in [0.2, 0.25) is 0 Å². The van der Waals surface area contributed by atoms with Crippen LogP contribution >= 0.6 is 0 Å². The minimum atomic E-state index is -0.546. The normalized spacial score (nSPS) is 12.2. The topological polar surface area (TPSA) is 56.8 Å². The number of rotatable bonds is 9. The first-order valence-electron chi connectivity index (χ1n) is 9.66. The molecule has 2 aromatic carbocycles. The molecular formula is C23H31NO4. The van der Waals surface area contributed by atoms with E-state index in [1.54, 1.807) is 31.4 Å². The molecule has 5 heteroatoms. The molecule has 28 heavy (non-hydrogen) atoms. The molecule has 1 atom stereocenters. The van der Waals surface area contributed by atoms with Crippen molar-refractivity contribution in [1.82, 2.24) is 5.32 Å². The zero-order chi connectivity index (χ0) is 20.6. The van der Waals surface area contributed by atoms with Crippen LogP contribution in [-0.4, -0.2) is 32.3 Å². The summed E-state index contributed by atoms with van der Waals surface area (Å²) in [5, 5.41) is 2.89. The summed E-state index contributed by atoms with van der Waals surface area (Å²) in [6.07, 6.45) is 0.0289. The molecule has 0 aliphatic carbocycles. The minimum absolute atomic E-state index is 0.000643. The van der Waals surface area contributed by atoms with E-state index >= 15 is 0 Å². The van der Waals surface area contributed by atoms with Crippen molar-refractivity contribution in [3.63, 3.8) is 0 Å². The second-order valence-electron chi connectivity index (χ2n) is 7.58. The molecular weight excluding hydrogens is 354 g/mol. The molecule has 5 nitrogen and oxygen atoms in total. The maximum absolute atomic E-state index is 12.4. The van der Waals surface area contributed by atoms with E-state index in [9.17, 15) is 4.79 Å². The smallest absolute Gasteiger partial charge is 0.261 e. The van der Waals surface area contributed by atoms with Gasteiger partial charge >= 0.3 is 0 Å². The third-order valence-electron chi connectivity index (χ3n) is 4.35. The Morgan fingerprint density at radius 3 is 2.29 bits per heavy atom. The van der Waals surface area contributed by atoms with Gasteiger partial charge in [-0.15, -0.1) is 0 Å². The number of amides is 1. The van der Waals surface area contributed by atoms with E-state index in [1.807, 2.05) is 25.1 Å². The van der Waals surface area contributed by atoms with Gasteiger partial charge in [-0.05, 0) is 47.7 Å². The van der Waals surface area contributed by atoms with Crippen molar-refractivity contribution >= 4 is 5.91 Å². The second kappa shape index (κ2) is 10.0. The summed E-state index contributed by atoms with van der Waals surface area (Å²) in [5.41, 5.74) is 1.15. The molecule has 0 spiro atoms. The highest BCUT2D eigenvalue weighted by Crippen LogP contribution is 2.30. The van der Waals surface area contributed by atoms with Crippen LogP contribution in [0.2, 0.25) is 0 Å². The number of para-hydroxylation sites is 1. The summed E-state index contributed by atoms with van der Waals surface area (Å²) in [5.74, 6) is 2.09. The quantitative estimate of drug-likeness (QED) is 0.652. The highest BCUT2D eigenvalue weighted by molar-refractivity contribution is 5.81.